The molecule has 0 aliphatic rings. The molecule has 7 heteroatoms. The minimum atomic E-state index is -1.07. The molecule has 18 heavy (non-hydrogen) atoms. The van der Waals surface area contributed by atoms with Crippen molar-refractivity contribution in [1.29, 1.82) is 0 Å². The second-order valence-electron chi connectivity index (χ2n) is 4.35. The molecule has 3 N–H and O–H groups in total. The van der Waals surface area contributed by atoms with E-state index in [1.165, 1.54) is 19.0 Å². The Morgan fingerprint density at radius 3 is 2.22 bits per heavy atom. The summed E-state index contributed by atoms with van der Waals surface area (Å²) in [6.07, 6.45) is 0.180. The van der Waals surface area contributed by atoms with Crippen LogP contribution in [-0.2, 0) is 9.59 Å². The first-order valence-corrected chi connectivity index (χ1v) is 5.74. The average Bonchev–Trinajstić information content (AvgIpc) is 2.30. The number of nitrogens with zero attached hydrogens (tertiary/aromatic N) is 1. The summed E-state index contributed by atoms with van der Waals surface area (Å²) in [6.45, 7) is 3.66. The minimum Gasteiger partial charge on any atom is -0.480 e. The van der Waals surface area contributed by atoms with Crippen molar-refractivity contribution in [2.24, 2.45) is 5.92 Å². The summed E-state index contributed by atoms with van der Waals surface area (Å²) in [4.78, 5) is 34.9. The molecule has 0 fully saturated rings. The Morgan fingerprint density at radius 2 is 1.83 bits per heavy atom. The molecule has 0 aliphatic heterocycles. The molecule has 0 radical (unpaired) electrons. The molecule has 1 atom stereocenters. The summed E-state index contributed by atoms with van der Waals surface area (Å²) >= 11 is 0. The van der Waals surface area contributed by atoms with Crippen LogP contribution < -0.4 is 10.6 Å². The Labute approximate surface area is 107 Å². The lowest BCUT2D eigenvalue weighted by Gasteiger charge is -2.23. The summed E-state index contributed by atoms with van der Waals surface area (Å²) < 4.78 is 0. The van der Waals surface area contributed by atoms with Crippen molar-refractivity contribution in [3.05, 3.63) is 0 Å². The molecule has 0 unspecified atom stereocenters. The van der Waals surface area contributed by atoms with Crippen molar-refractivity contribution in [3.63, 3.8) is 0 Å². The Bertz CT molecular complexity index is 317. The van der Waals surface area contributed by atoms with Crippen LogP contribution in [0, 0.1) is 5.92 Å². The Balaban J connectivity index is 4.29. The average molecular weight is 259 g/mol. The zero-order chi connectivity index (χ0) is 14.3. The van der Waals surface area contributed by atoms with Crippen molar-refractivity contribution in [2.75, 3.05) is 20.6 Å². The number of urea groups is 1. The van der Waals surface area contributed by atoms with Crippen molar-refractivity contribution in [2.45, 2.75) is 26.3 Å². The summed E-state index contributed by atoms with van der Waals surface area (Å²) in [7, 11) is 3.03. The fraction of sp³-hybridized carbons (Fsp3) is 0.727. The number of amides is 3. The fourth-order valence-corrected chi connectivity index (χ4v) is 1.25. The van der Waals surface area contributed by atoms with E-state index in [0.29, 0.717) is 0 Å². The first-order valence-electron chi connectivity index (χ1n) is 5.74. The molecule has 0 spiro atoms. The van der Waals surface area contributed by atoms with Gasteiger partial charge in [-0.05, 0) is 5.92 Å². The van der Waals surface area contributed by atoms with Crippen LogP contribution in [0.1, 0.15) is 20.3 Å². The van der Waals surface area contributed by atoms with E-state index in [-0.39, 0.29) is 24.8 Å². The molecule has 0 rings (SSSR count). The van der Waals surface area contributed by atoms with Crippen LogP contribution in [0.25, 0.3) is 0 Å². The van der Waals surface area contributed by atoms with Gasteiger partial charge in [0.25, 0.3) is 0 Å². The van der Waals surface area contributed by atoms with Gasteiger partial charge in [-0.1, -0.05) is 13.8 Å². The van der Waals surface area contributed by atoms with Crippen LogP contribution in [-0.4, -0.2) is 54.6 Å². The molecule has 0 aromatic carbocycles. The first kappa shape index (κ1) is 16.2. The number of hydrogen-bond acceptors (Lipinski definition) is 3. The lowest BCUT2D eigenvalue weighted by atomic mass is 10.1. The van der Waals surface area contributed by atoms with Crippen LogP contribution in [0.3, 0.4) is 0 Å². The summed E-state index contributed by atoms with van der Waals surface area (Å²) in [5.74, 6) is -1.45. The minimum absolute atomic E-state index is 0.173. The molecule has 0 heterocycles. The molecule has 0 aromatic heterocycles. The van der Waals surface area contributed by atoms with E-state index in [1.54, 1.807) is 13.8 Å². The van der Waals surface area contributed by atoms with Gasteiger partial charge < -0.3 is 20.6 Å². The summed E-state index contributed by atoms with van der Waals surface area (Å²) in [6, 6.07) is -1.43. The van der Waals surface area contributed by atoms with E-state index in [1.807, 2.05) is 0 Å². The third-order valence-electron chi connectivity index (χ3n) is 2.51. The predicted molar refractivity (Wildman–Crippen MR) is 66.1 cm³/mol. The fourth-order valence-electron chi connectivity index (χ4n) is 1.25. The standard InChI is InChI=1S/C11H21N3O4/c1-7(2)9(10(16)17)13-11(18)14(4)6-5-8(15)12-3/h7,9H,5-6H2,1-4H3,(H,12,15)(H,13,18)(H,16,17)/t9-/m0/s1. The smallest absolute Gasteiger partial charge is 0.326 e. The van der Waals surface area contributed by atoms with E-state index >= 15 is 0 Å². The lowest BCUT2D eigenvalue weighted by molar-refractivity contribution is -0.140. The topological polar surface area (TPSA) is 98.7 Å². The number of nitrogens with one attached hydrogen (secondary N) is 2. The third kappa shape index (κ3) is 5.51. The predicted octanol–water partition coefficient (Wildman–Crippen LogP) is -0.127. The van der Waals surface area contributed by atoms with E-state index < -0.39 is 18.0 Å². The molecule has 3 amide bonds. The van der Waals surface area contributed by atoms with Crippen LogP contribution >= 0.6 is 0 Å². The molecule has 7 nitrogen and oxygen atoms in total. The van der Waals surface area contributed by atoms with Gasteiger partial charge in [0.1, 0.15) is 6.04 Å². The van der Waals surface area contributed by atoms with Crippen LogP contribution in [0.2, 0.25) is 0 Å². The van der Waals surface area contributed by atoms with Crippen molar-refractivity contribution >= 4 is 17.9 Å². The zero-order valence-corrected chi connectivity index (χ0v) is 11.2. The highest BCUT2D eigenvalue weighted by Gasteiger charge is 2.24. The number of carboxylic acid groups (broad SMARTS) is 1. The van der Waals surface area contributed by atoms with Gasteiger partial charge in [0, 0.05) is 27.1 Å². The molecule has 0 saturated heterocycles. The maximum Gasteiger partial charge on any atom is 0.326 e. The number of hydrogen-bond donors (Lipinski definition) is 3. The molecule has 0 aliphatic carbocycles. The molecule has 0 aromatic rings. The number of carbonyl (C=O) groups is 3. The number of carbonyl (C=O) groups excluding carboxylic acids is 2. The van der Waals surface area contributed by atoms with E-state index in [9.17, 15) is 14.4 Å². The number of carboxylic acids is 1. The van der Waals surface area contributed by atoms with Crippen molar-refractivity contribution in [3.8, 4) is 0 Å². The Kier molecular flexibility index (Phi) is 6.77. The highest BCUT2D eigenvalue weighted by atomic mass is 16.4. The van der Waals surface area contributed by atoms with Crippen LogP contribution in [0.5, 0.6) is 0 Å². The lowest BCUT2D eigenvalue weighted by Crippen LogP contribution is -2.49. The van der Waals surface area contributed by atoms with E-state index in [2.05, 4.69) is 10.6 Å². The Morgan fingerprint density at radius 1 is 1.28 bits per heavy atom. The number of aliphatic carboxylic acids is 1. The summed E-state index contributed by atoms with van der Waals surface area (Å²) in [5, 5.41) is 13.8. The van der Waals surface area contributed by atoms with Gasteiger partial charge in [-0.25, -0.2) is 9.59 Å². The second-order valence-corrected chi connectivity index (χ2v) is 4.35. The second kappa shape index (κ2) is 7.52. The largest absolute Gasteiger partial charge is 0.480 e. The molecular formula is C11H21N3O4. The monoisotopic (exact) mass is 259 g/mol. The molecule has 0 saturated carbocycles. The molecular weight excluding hydrogens is 238 g/mol. The molecule has 0 bridgehead atoms. The normalized spacial score (nSPS) is 11.8. The first-order chi connectivity index (χ1) is 8.29. The van der Waals surface area contributed by atoms with Gasteiger partial charge in [0.15, 0.2) is 0 Å². The summed E-state index contributed by atoms with van der Waals surface area (Å²) in [5.41, 5.74) is 0. The number of rotatable bonds is 6. The van der Waals surface area contributed by atoms with E-state index in [0.717, 1.165) is 0 Å². The third-order valence-corrected chi connectivity index (χ3v) is 2.51. The van der Waals surface area contributed by atoms with Gasteiger partial charge in [-0.2, -0.15) is 0 Å². The van der Waals surface area contributed by atoms with Gasteiger partial charge in [-0.15, -0.1) is 0 Å². The van der Waals surface area contributed by atoms with Crippen LogP contribution in [0.4, 0.5) is 4.79 Å². The van der Waals surface area contributed by atoms with Gasteiger partial charge in [0.05, 0.1) is 0 Å². The highest BCUT2D eigenvalue weighted by molar-refractivity contribution is 5.83. The maximum absolute atomic E-state index is 11.7. The van der Waals surface area contributed by atoms with Gasteiger partial charge in [-0.3, -0.25) is 4.79 Å². The quantitative estimate of drug-likeness (QED) is 0.619. The maximum atomic E-state index is 11.7. The highest BCUT2D eigenvalue weighted by Crippen LogP contribution is 2.02. The van der Waals surface area contributed by atoms with Crippen molar-refractivity contribution < 1.29 is 19.5 Å². The zero-order valence-electron chi connectivity index (χ0n) is 11.2. The van der Waals surface area contributed by atoms with Gasteiger partial charge >= 0.3 is 12.0 Å². The SMILES string of the molecule is CNC(=O)CCN(C)C(=O)N[C@H](C(=O)O)C(C)C. The van der Waals surface area contributed by atoms with Crippen molar-refractivity contribution in [1.82, 2.24) is 15.5 Å². The van der Waals surface area contributed by atoms with Crippen LogP contribution in [0.15, 0.2) is 0 Å². The Hall–Kier alpha value is -1.79. The van der Waals surface area contributed by atoms with E-state index in [4.69, 9.17) is 5.11 Å². The van der Waals surface area contributed by atoms with Gasteiger partial charge in [0.2, 0.25) is 5.91 Å². The molecule has 104 valence electrons.